The summed E-state index contributed by atoms with van der Waals surface area (Å²) in [6.45, 7) is 1.91. The molecule has 1 saturated carbocycles. The zero-order chi connectivity index (χ0) is 17.2. The summed E-state index contributed by atoms with van der Waals surface area (Å²) in [5.74, 6) is 2.20. The Hall–Kier alpha value is -3.03. The number of aromatic amines is 1. The van der Waals surface area contributed by atoms with Gasteiger partial charge in [-0.1, -0.05) is 5.16 Å². The standard InChI is InChI=1S/C17H18N6O2/c1-10-15(11-6-8-18-9-7-11)21-22-16(10)19-13(24)4-5-14-20-17(23-25-14)12-2-3-12/h6-9,12H,2-5H2,1H3,(H2,19,21,22,24). The minimum absolute atomic E-state index is 0.126. The molecule has 1 aliphatic carbocycles. The number of nitrogens with zero attached hydrogens (tertiary/aromatic N) is 4. The molecule has 2 N–H and O–H groups in total. The minimum atomic E-state index is -0.126. The van der Waals surface area contributed by atoms with Crippen LogP contribution in [0.1, 0.15) is 42.5 Å². The van der Waals surface area contributed by atoms with Gasteiger partial charge < -0.3 is 9.84 Å². The predicted molar refractivity (Wildman–Crippen MR) is 89.8 cm³/mol. The molecule has 0 atom stereocenters. The highest BCUT2D eigenvalue weighted by Gasteiger charge is 2.28. The third-order valence-electron chi connectivity index (χ3n) is 4.22. The number of amides is 1. The summed E-state index contributed by atoms with van der Waals surface area (Å²) in [6.07, 6.45) is 6.37. The van der Waals surface area contributed by atoms with Crippen molar-refractivity contribution in [1.82, 2.24) is 25.3 Å². The van der Waals surface area contributed by atoms with Crippen molar-refractivity contribution >= 4 is 11.7 Å². The van der Waals surface area contributed by atoms with Crippen LogP contribution in [0, 0.1) is 6.92 Å². The van der Waals surface area contributed by atoms with E-state index in [0.717, 1.165) is 35.5 Å². The van der Waals surface area contributed by atoms with Gasteiger partial charge in [-0.3, -0.25) is 14.9 Å². The summed E-state index contributed by atoms with van der Waals surface area (Å²) in [6, 6.07) is 3.75. The minimum Gasteiger partial charge on any atom is -0.339 e. The molecule has 0 aliphatic heterocycles. The second-order valence-electron chi connectivity index (χ2n) is 6.18. The fraction of sp³-hybridized carbons (Fsp3) is 0.353. The molecule has 8 nitrogen and oxygen atoms in total. The smallest absolute Gasteiger partial charge is 0.227 e. The summed E-state index contributed by atoms with van der Waals surface area (Å²) >= 11 is 0. The van der Waals surface area contributed by atoms with Crippen molar-refractivity contribution in [2.75, 3.05) is 5.32 Å². The van der Waals surface area contributed by atoms with Crippen LogP contribution in [0.4, 0.5) is 5.82 Å². The molecule has 8 heteroatoms. The molecule has 0 spiro atoms. The molecule has 3 aromatic heterocycles. The highest BCUT2D eigenvalue weighted by atomic mass is 16.5. The lowest BCUT2D eigenvalue weighted by Crippen LogP contribution is -2.13. The Kier molecular flexibility index (Phi) is 4.01. The zero-order valence-electron chi connectivity index (χ0n) is 13.8. The average Bonchev–Trinajstić information content (AvgIpc) is 3.27. The number of anilines is 1. The summed E-state index contributed by atoms with van der Waals surface area (Å²) in [7, 11) is 0. The Morgan fingerprint density at radius 1 is 1.36 bits per heavy atom. The Labute approximate surface area is 144 Å². The predicted octanol–water partition coefficient (Wildman–Crippen LogP) is 2.61. The highest BCUT2D eigenvalue weighted by Crippen LogP contribution is 2.38. The molecule has 128 valence electrons. The highest BCUT2D eigenvalue weighted by molar-refractivity contribution is 5.91. The zero-order valence-corrected chi connectivity index (χ0v) is 13.8. The van der Waals surface area contributed by atoms with Gasteiger partial charge in [-0.2, -0.15) is 10.1 Å². The Balaban J connectivity index is 1.36. The maximum Gasteiger partial charge on any atom is 0.227 e. The fourth-order valence-electron chi connectivity index (χ4n) is 2.61. The number of aryl methyl sites for hydroxylation is 1. The van der Waals surface area contributed by atoms with Gasteiger partial charge in [-0.25, -0.2) is 0 Å². The van der Waals surface area contributed by atoms with Gasteiger partial charge >= 0.3 is 0 Å². The lowest BCUT2D eigenvalue weighted by atomic mass is 10.1. The topological polar surface area (TPSA) is 110 Å². The summed E-state index contributed by atoms with van der Waals surface area (Å²) in [4.78, 5) is 20.5. The quantitative estimate of drug-likeness (QED) is 0.715. The maximum atomic E-state index is 12.2. The molecule has 0 radical (unpaired) electrons. The van der Waals surface area contributed by atoms with Gasteiger partial charge in [0.25, 0.3) is 0 Å². The second kappa shape index (κ2) is 6.46. The van der Waals surface area contributed by atoms with Crippen molar-refractivity contribution in [3.05, 3.63) is 41.8 Å². The van der Waals surface area contributed by atoms with Crippen molar-refractivity contribution in [3.8, 4) is 11.3 Å². The molecule has 4 rings (SSSR count). The van der Waals surface area contributed by atoms with E-state index in [1.54, 1.807) is 12.4 Å². The third-order valence-corrected chi connectivity index (χ3v) is 4.22. The monoisotopic (exact) mass is 338 g/mol. The van der Waals surface area contributed by atoms with Gasteiger partial charge in [-0.15, -0.1) is 0 Å². The van der Waals surface area contributed by atoms with E-state index in [2.05, 4.69) is 30.6 Å². The Morgan fingerprint density at radius 2 is 2.16 bits per heavy atom. The van der Waals surface area contributed by atoms with E-state index in [1.165, 1.54) is 0 Å². The maximum absolute atomic E-state index is 12.2. The first-order chi connectivity index (χ1) is 12.2. The molecular formula is C17H18N6O2. The number of aromatic nitrogens is 5. The van der Waals surface area contributed by atoms with E-state index < -0.39 is 0 Å². The molecule has 0 bridgehead atoms. The first-order valence-corrected chi connectivity index (χ1v) is 8.28. The lowest BCUT2D eigenvalue weighted by molar-refractivity contribution is -0.116. The van der Waals surface area contributed by atoms with E-state index in [1.807, 2.05) is 19.1 Å². The summed E-state index contributed by atoms with van der Waals surface area (Å²) < 4.78 is 5.19. The van der Waals surface area contributed by atoms with Crippen LogP contribution in [0.5, 0.6) is 0 Å². The molecule has 0 unspecified atom stereocenters. The Bertz CT molecular complexity index is 882. The van der Waals surface area contributed by atoms with Gasteiger partial charge in [0, 0.05) is 42.3 Å². The van der Waals surface area contributed by atoms with Crippen molar-refractivity contribution < 1.29 is 9.32 Å². The molecule has 1 amide bonds. The number of H-pyrrole nitrogens is 1. The van der Waals surface area contributed by atoms with Crippen LogP contribution in [0.2, 0.25) is 0 Å². The SMILES string of the molecule is Cc1c(-c2ccncc2)n[nH]c1NC(=O)CCc1nc(C2CC2)no1. The summed E-state index contributed by atoms with van der Waals surface area (Å²) in [5, 5.41) is 14.0. The largest absolute Gasteiger partial charge is 0.339 e. The number of rotatable bonds is 6. The number of hydrogen-bond acceptors (Lipinski definition) is 6. The lowest BCUT2D eigenvalue weighted by Gasteiger charge is -2.03. The van der Waals surface area contributed by atoms with E-state index in [4.69, 9.17) is 4.52 Å². The normalized spacial score (nSPS) is 13.8. The average molecular weight is 338 g/mol. The number of hydrogen-bond donors (Lipinski definition) is 2. The van der Waals surface area contributed by atoms with Gasteiger partial charge in [0.05, 0.1) is 5.69 Å². The molecule has 1 fully saturated rings. The first kappa shape index (κ1) is 15.5. The number of carbonyl (C=O) groups excluding carboxylic acids is 1. The van der Waals surface area contributed by atoms with E-state index in [0.29, 0.717) is 24.0 Å². The molecule has 1 aliphatic rings. The molecule has 3 aromatic rings. The van der Waals surface area contributed by atoms with Gasteiger partial charge in [-0.05, 0) is 31.9 Å². The van der Waals surface area contributed by atoms with Crippen LogP contribution in [0.3, 0.4) is 0 Å². The van der Waals surface area contributed by atoms with Crippen LogP contribution in [0.25, 0.3) is 11.3 Å². The van der Waals surface area contributed by atoms with Gasteiger partial charge in [0.15, 0.2) is 5.82 Å². The van der Waals surface area contributed by atoms with Crippen molar-refractivity contribution in [2.45, 2.75) is 38.5 Å². The van der Waals surface area contributed by atoms with Gasteiger partial charge in [0.1, 0.15) is 5.82 Å². The first-order valence-electron chi connectivity index (χ1n) is 8.28. The van der Waals surface area contributed by atoms with Crippen LogP contribution in [-0.2, 0) is 11.2 Å². The molecule has 0 aromatic carbocycles. The third kappa shape index (κ3) is 3.42. The molecule has 0 saturated heterocycles. The second-order valence-corrected chi connectivity index (χ2v) is 6.18. The Morgan fingerprint density at radius 3 is 2.92 bits per heavy atom. The number of pyridine rings is 1. The summed E-state index contributed by atoms with van der Waals surface area (Å²) in [5.41, 5.74) is 2.62. The number of carbonyl (C=O) groups is 1. The van der Waals surface area contributed by atoms with Crippen LogP contribution in [-0.4, -0.2) is 31.2 Å². The van der Waals surface area contributed by atoms with Crippen molar-refractivity contribution in [2.24, 2.45) is 0 Å². The molecule has 3 heterocycles. The van der Waals surface area contributed by atoms with Crippen LogP contribution >= 0.6 is 0 Å². The van der Waals surface area contributed by atoms with E-state index in [9.17, 15) is 4.79 Å². The number of nitrogens with one attached hydrogen (secondary N) is 2. The fourth-order valence-corrected chi connectivity index (χ4v) is 2.61. The van der Waals surface area contributed by atoms with Crippen LogP contribution < -0.4 is 5.32 Å². The van der Waals surface area contributed by atoms with Crippen LogP contribution in [0.15, 0.2) is 29.0 Å². The van der Waals surface area contributed by atoms with E-state index >= 15 is 0 Å². The van der Waals surface area contributed by atoms with Crippen molar-refractivity contribution in [3.63, 3.8) is 0 Å². The van der Waals surface area contributed by atoms with Crippen molar-refractivity contribution in [1.29, 1.82) is 0 Å². The molecular weight excluding hydrogens is 320 g/mol. The van der Waals surface area contributed by atoms with E-state index in [-0.39, 0.29) is 12.3 Å². The van der Waals surface area contributed by atoms with Gasteiger partial charge in [0.2, 0.25) is 11.8 Å². The molecule has 25 heavy (non-hydrogen) atoms.